The molecule has 0 amide bonds. The van der Waals surface area contributed by atoms with E-state index in [9.17, 15) is 4.21 Å². The standard InChI is InChI=1S/C16H19BrN2OS/c1-16(2,3)21(20)19-14-6-4-5-11-12-9-10(17)7-8-13(12)18-15(11)14/h7-9,18H,4-6H2,1-3H3/b19-14+/t21-/m0/s1. The van der Waals surface area contributed by atoms with Gasteiger partial charge in [-0.05, 0) is 63.8 Å². The Hall–Kier alpha value is -0.940. The number of aromatic nitrogens is 1. The number of hydrogen-bond acceptors (Lipinski definition) is 1. The van der Waals surface area contributed by atoms with Crippen molar-refractivity contribution in [2.24, 2.45) is 4.40 Å². The fraction of sp³-hybridized carbons (Fsp3) is 0.438. The first-order valence-electron chi connectivity index (χ1n) is 7.16. The van der Waals surface area contributed by atoms with Crippen LogP contribution in [0.25, 0.3) is 10.9 Å². The molecule has 112 valence electrons. The summed E-state index contributed by atoms with van der Waals surface area (Å²) in [6.07, 6.45) is 3.00. The van der Waals surface area contributed by atoms with Crippen molar-refractivity contribution in [2.45, 2.75) is 44.8 Å². The summed E-state index contributed by atoms with van der Waals surface area (Å²) in [5.74, 6) is 0. The molecular weight excluding hydrogens is 348 g/mol. The summed E-state index contributed by atoms with van der Waals surface area (Å²) in [5, 5.41) is 1.24. The smallest absolute Gasteiger partial charge is 0.145 e. The van der Waals surface area contributed by atoms with Crippen LogP contribution in [0, 0.1) is 0 Å². The van der Waals surface area contributed by atoms with Gasteiger partial charge in [-0.25, -0.2) is 4.21 Å². The van der Waals surface area contributed by atoms with Gasteiger partial charge in [0.25, 0.3) is 0 Å². The van der Waals surface area contributed by atoms with Crippen molar-refractivity contribution in [3.05, 3.63) is 33.9 Å². The van der Waals surface area contributed by atoms with Crippen molar-refractivity contribution in [3.8, 4) is 0 Å². The van der Waals surface area contributed by atoms with Gasteiger partial charge in [-0.3, -0.25) is 0 Å². The highest BCUT2D eigenvalue weighted by Crippen LogP contribution is 2.31. The predicted octanol–water partition coefficient (Wildman–Crippen LogP) is 4.52. The van der Waals surface area contributed by atoms with Crippen molar-refractivity contribution >= 4 is 43.5 Å². The van der Waals surface area contributed by atoms with Gasteiger partial charge >= 0.3 is 0 Å². The lowest BCUT2D eigenvalue weighted by molar-refractivity contribution is 0.650. The maximum absolute atomic E-state index is 12.3. The second-order valence-corrected chi connectivity index (χ2v) is 9.24. The molecule has 0 spiro atoms. The first-order valence-corrected chi connectivity index (χ1v) is 9.06. The number of nitrogens with zero attached hydrogens (tertiary/aromatic N) is 1. The lowest BCUT2D eigenvalue weighted by Gasteiger charge is -2.18. The number of nitrogens with one attached hydrogen (secondary N) is 1. The molecule has 0 saturated carbocycles. The van der Waals surface area contributed by atoms with E-state index in [1.165, 1.54) is 10.9 Å². The lowest BCUT2D eigenvalue weighted by Crippen LogP contribution is -2.22. The summed E-state index contributed by atoms with van der Waals surface area (Å²) in [5.41, 5.74) is 4.46. The van der Waals surface area contributed by atoms with Crippen LogP contribution in [0.5, 0.6) is 0 Å². The summed E-state index contributed by atoms with van der Waals surface area (Å²) < 4.78 is 17.6. The van der Waals surface area contributed by atoms with Crippen LogP contribution < -0.4 is 0 Å². The summed E-state index contributed by atoms with van der Waals surface area (Å²) in [6.45, 7) is 5.87. The zero-order valence-corrected chi connectivity index (χ0v) is 14.9. The third-order valence-corrected chi connectivity index (χ3v) is 5.64. The quantitative estimate of drug-likeness (QED) is 0.792. The summed E-state index contributed by atoms with van der Waals surface area (Å²) in [7, 11) is -1.21. The molecule has 21 heavy (non-hydrogen) atoms. The van der Waals surface area contributed by atoms with Crippen molar-refractivity contribution < 1.29 is 4.21 Å². The van der Waals surface area contributed by atoms with Gasteiger partial charge in [0.15, 0.2) is 0 Å². The molecule has 1 aliphatic carbocycles. The van der Waals surface area contributed by atoms with Crippen LogP contribution in [0.2, 0.25) is 0 Å². The van der Waals surface area contributed by atoms with Crippen molar-refractivity contribution in [1.82, 2.24) is 4.98 Å². The average Bonchev–Trinajstić information content (AvgIpc) is 2.77. The fourth-order valence-electron chi connectivity index (χ4n) is 2.61. The maximum Gasteiger partial charge on any atom is 0.145 e. The van der Waals surface area contributed by atoms with Crippen LogP contribution >= 0.6 is 15.9 Å². The first-order chi connectivity index (χ1) is 9.86. The van der Waals surface area contributed by atoms with Crippen LogP contribution in [0.15, 0.2) is 27.1 Å². The molecular formula is C16H19BrN2OS. The molecule has 0 saturated heterocycles. The predicted molar refractivity (Wildman–Crippen MR) is 93.4 cm³/mol. The molecule has 0 unspecified atom stereocenters. The van der Waals surface area contributed by atoms with Gasteiger partial charge in [0.2, 0.25) is 0 Å². The molecule has 2 aromatic rings. The lowest BCUT2D eigenvalue weighted by atomic mass is 9.94. The van der Waals surface area contributed by atoms with Crippen LogP contribution in [-0.2, 0) is 17.4 Å². The molecule has 3 rings (SSSR count). The Morgan fingerprint density at radius 3 is 2.76 bits per heavy atom. The van der Waals surface area contributed by atoms with E-state index in [0.717, 1.165) is 40.7 Å². The maximum atomic E-state index is 12.3. The van der Waals surface area contributed by atoms with E-state index >= 15 is 0 Å². The average molecular weight is 367 g/mol. The molecule has 1 heterocycles. The molecule has 0 radical (unpaired) electrons. The summed E-state index contributed by atoms with van der Waals surface area (Å²) in [4.78, 5) is 3.46. The van der Waals surface area contributed by atoms with Crippen LogP contribution in [0.4, 0.5) is 0 Å². The van der Waals surface area contributed by atoms with Gasteiger partial charge in [-0.15, -0.1) is 0 Å². The largest absolute Gasteiger partial charge is 0.353 e. The highest BCUT2D eigenvalue weighted by Gasteiger charge is 2.24. The Morgan fingerprint density at radius 1 is 1.29 bits per heavy atom. The van der Waals surface area contributed by atoms with Gasteiger partial charge in [-0.1, -0.05) is 15.9 Å². The molecule has 1 aromatic heterocycles. The molecule has 3 nitrogen and oxygen atoms in total. The van der Waals surface area contributed by atoms with E-state index in [0.29, 0.717) is 0 Å². The minimum absolute atomic E-state index is 0.320. The fourth-order valence-corrected chi connectivity index (χ4v) is 3.63. The number of benzene rings is 1. The van der Waals surface area contributed by atoms with E-state index < -0.39 is 11.0 Å². The zero-order chi connectivity index (χ0) is 15.2. The first kappa shape index (κ1) is 15.0. The molecule has 1 aliphatic rings. The number of H-pyrrole nitrogens is 1. The molecule has 1 aromatic carbocycles. The minimum Gasteiger partial charge on any atom is -0.353 e. The number of halogens is 1. The number of fused-ring (bicyclic) bond motifs is 3. The summed E-state index contributed by atoms with van der Waals surface area (Å²) in [6, 6.07) is 6.26. The van der Waals surface area contributed by atoms with E-state index in [4.69, 9.17) is 0 Å². The number of aryl methyl sites for hydroxylation is 1. The number of rotatable bonds is 1. The van der Waals surface area contributed by atoms with Crippen molar-refractivity contribution in [2.75, 3.05) is 0 Å². The van der Waals surface area contributed by atoms with E-state index in [1.807, 2.05) is 26.8 Å². The molecule has 5 heteroatoms. The Bertz CT molecular complexity index is 755. The van der Waals surface area contributed by atoms with E-state index in [1.54, 1.807) is 0 Å². The van der Waals surface area contributed by atoms with Gasteiger partial charge in [0, 0.05) is 15.4 Å². The Kier molecular flexibility index (Phi) is 3.82. The molecule has 0 aliphatic heterocycles. The Labute approximate surface area is 136 Å². The molecule has 0 fully saturated rings. The normalized spacial score (nSPS) is 19.0. The van der Waals surface area contributed by atoms with Gasteiger partial charge < -0.3 is 4.98 Å². The second kappa shape index (κ2) is 5.36. The third kappa shape index (κ3) is 2.86. The number of aromatic amines is 1. The van der Waals surface area contributed by atoms with Crippen LogP contribution in [-0.4, -0.2) is 19.7 Å². The van der Waals surface area contributed by atoms with Crippen molar-refractivity contribution in [1.29, 1.82) is 0 Å². The Balaban J connectivity index is 2.12. The highest BCUT2D eigenvalue weighted by atomic mass is 79.9. The number of hydrogen-bond donors (Lipinski definition) is 1. The van der Waals surface area contributed by atoms with Crippen molar-refractivity contribution in [3.63, 3.8) is 0 Å². The molecule has 0 bridgehead atoms. The minimum atomic E-state index is -1.21. The molecule has 1 atom stereocenters. The second-order valence-electron chi connectivity index (χ2n) is 6.42. The van der Waals surface area contributed by atoms with Crippen LogP contribution in [0.3, 0.4) is 0 Å². The zero-order valence-electron chi connectivity index (χ0n) is 12.5. The van der Waals surface area contributed by atoms with E-state index in [2.05, 4.69) is 37.4 Å². The highest BCUT2D eigenvalue weighted by molar-refractivity contribution is 9.10. The van der Waals surface area contributed by atoms with Crippen LogP contribution in [0.1, 0.15) is 44.9 Å². The monoisotopic (exact) mass is 366 g/mol. The molecule has 1 N–H and O–H groups in total. The summed E-state index contributed by atoms with van der Waals surface area (Å²) >= 11 is 3.53. The topological polar surface area (TPSA) is 45.2 Å². The Morgan fingerprint density at radius 2 is 2.05 bits per heavy atom. The SMILES string of the molecule is CC(C)(C)[S@](=O)/N=C1\CCCc2c1[nH]c1ccc(Br)cc21. The van der Waals surface area contributed by atoms with Gasteiger partial charge in [0.05, 0.1) is 16.2 Å². The van der Waals surface area contributed by atoms with E-state index in [-0.39, 0.29) is 4.75 Å². The third-order valence-electron chi connectivity index (χ3n) is 3.71. The van der Waals surface area contributed by atoms with Gasteiger partial charge in [-0.2, -0.15) is 4.40 Å². The van der Waals surface area contributed by atoms with Gasteiger partial charge in [0.1, 0.15) is 11.0 Å².